The molecule has 3 fully saturated rings. The zero-order valence-corrected chi connectivity index (χ0v) is 15.6. The van der Waals surface area contributed by atoms with Crippen LogP contribution in [0.2, 0.25) is 0 Å². The lowest BCUT2D eigenvalue weighted by Crippen LogP contribution is -2.61. The Bertz CT molecular complexity index is 733. The molecule has 3 saturated heterocycles. The van der Waals surface area contributed by atoms with Gasteiger partial charge in [-0.3, -0.25) is 4.18 Å². The number of ether oxygens (including phenoxy) is 6. The summed E-state index contributed by atoms with van der Waals surface area (Å²) in [5.41, 5.74) is 0.953. The number of hydrogen-bond acceptors (Lipinski definition) is 9. The fraction of sp³-hybridized carbons (Fsp3) is 0.647. The maximum Gasteiger partial charge on any atom is 0.297 e. The third-order valence-electron chi connectivity index (χ3n) is 4.73. The smallest absolute Gasteiger partial charge is 0.297 e. The van der Waals surface area contributed by atoms with Gasteiger partial charge in [-0.15, -0.1) is 0 Å². The molecule has 1 aromatic rings. The van der Waals surface area contributed by atoms with Crippen molar-refractivity contribution in [3.8, 4) is 0 Å². The summed E-state index contributed by atoms with van der Waals surface area (Å²) < 4.78 is 63.8. The first-order chi connectivity index (χ1) is 13.0. The van der Waals surface area contributed by atoms with Crippen molar-refractivity contribution in [3.05, 3.63) is 29.8 Å². The molecular weight excluding hydrogens is 380 g/mol. The van der Waals surface area contributed by atoms with Crippen molar-refractivity contribution in [2.75, 3.05) is 33.6 Å². The molecule has 27 heavy (non-hydrogen) atoms. The third-order valence-corrected chi connectivity index (χ3v) is 6.08. The summed E-state index contributed by atoms with van der Waals surface area (Å²) in [6.07, 6.45) is -2.87. The fourth-order valence-corrected chi connectivity index (χ4v) is 4.40. The summed E-state index contributed by atoms with van der Waals surface area (Å²) in [6.45, 7) is 2.48. The Hall–Kier alpha value is -1.11. The topological polar surface area (TPSA) is 98.8 Å². The molecule has 5 atom stereocenters. The average Bonchev–Trinajstić information content (AvgIpc) is 2.68. The van der Waals surface area contributed by atoms with Crippen LogP contribution in [-0.4, -0.2) is 72.5 Å². The zero-order valence-electron chi connectivity index (χ0n) is 14.8. The molecule has 0 radical (unpaired) electrons. The first-order valence-electron chi connectivity index (χ1n) is 8.66. The second-order valence-electron chi connectivity index (χ2n) is 6.60. The van der Waals surface area contributed by atoms with Gasteiger partial charge in [0, 0.05) is 0 Å². The van der Waals surface area contributed by atoms with Gasteiger partial charge in [0.15, 0.2) is 0 Å². The van der Waals surface area contributed by atoms with Crippen LogP contribution in [0.5, 0.6) is 0 Å². The van der Waals surface area contributed by atoms with Crippen LogP contribution in [0.1, 0.15) is 5.56 Å². The number of aryl methyl sites for hydroxylation is 1. The minimum atomic E-state index is -3.99. The van der Waals surface area contributed by atoms with E-state index >= 15 is 0 Å². The van der Waals surface area contributed by atoms with E-state index in [1.807, 2.05) is 6.92 Å². The lowest BCUT2D eigenvalue weighted by molar-refractivity contribution is -0.332. The van der Waals surface area contributed by atoms with Crippen LogP contribution < -0.4 is 0 Å². The Kier molecular flexibility index (Phi) is 5.76. The van der Waals surface area contributed by atoms with Crippen molar-refractivity contribution in [2.45, 2.75) is 42.3 Å². The summed E-state index contributed by atoms with van der Waals surface area (Å²) in [4.78, 5) is 0.0745. The summed E-state index contributed by atoms with van der Waals surface area (Å²) in [5, 5.41) is 0. The average molecular weight is 402 g/mol. The Morgan fingerprint density at radius 3 is 2.30 bits per heavy atom. The van der Waals surface area contributed by atoms with Gasteiger partial charge in [-0.1, -0.05) is 17.7 Å². The van der Waals surface area contributed by atoms with E-state index in [1.54, 1.807) is 12.1 Å². The molecule has 1 aromatic carbocycles. The van der Waals surface area contributed by atoms with E-state index in [-0.39, 0.29) is 38.0 Å². The van der Waals surface area contributed by atoms with Crippen molar-refractivity contribution in [3.63, 3.8) is 0 Å². The molecule has 0 spiro atoms. The van der Waals surface area contributed by atoms with Gasteiger partial charge in [-0.25, -0.2) is 0 Å². The maximum atomic E-state index is 12.7. The van der Waals surface area contributed by atoms with Gasteiger partial charge >= 0.3 is 0 Å². The van der Waals surface area contributed by atoms with E-state index in [1.165, 1.54) is 12.1 Å². The highest BCUT2D eigenvalue weighted by atomic mass is 32.2. The number of rotatable bonds is 4. The SMILES string of the molecule is Cc1ccc(S(=O)(=O)O[C@H]2COCO[C@@H]2[C@H]2OCO[C@@H]3COCO[C@H]23)cc1. The van der Waals surface area contributed by atoms with E-state index in [0.29, 0.717) is 6.61 Å². The molecule has 0 saturated carbocycles. The van der Waals surface area contributed by atoms with Crippen LogP contribution in [0, 0.1) is 6.92 Å². The van der Waals surface area contributed by atoms with Gasteiger partial charge < -0.3 is 28.4 Å². The third kappa shape index (κ3) is 4.17. The lowest BCUT2D eigenvalue weighted by Gasteiger charge is -2.45. The van der Waals surface area contributed by atoms with Gasteiger partial charge in [0.05, 0.1) is 18.1 Å². The van der Waals surface area contributed by atoms with E-state index in [4.69, 9.17) is 32.6 Å². The normalized spacial score (nSPS) is 34.8. The molecular formula is C17H22O9S. The molecule has 0 amide bonds. The summed E-state index contributed by atoms with van der Waals surface area (Å²) in [6, 6.07) is 6.44. The number of fused-ring (bicyclic) bond motifs is 1. The molecule has 9 nitrogen and oxygen atoms in total. The van der Waals surface area contributed by atoms with E-state index in [9.17, 15) is 8.42 Å². The van der Waals surface area contributed by atoms with Gasteiger partial charge in [-0.05, 0) is 19.1 Å². The van der Waals surface area contributed by atoms with Crippen LogP contribution in [0.25, 0.3) is 0 Å². The Morgan fingerprint density at radius 1 is 0.852 bits per heavy atom. The Balaban J connectivity index is 1.53. The molecule has 0 unspecified atom stereocenters. The maximum absolute atomic E-state index is 12.7. The predicted molar refractivity (Wildman–Crippen MR) is 89.2 cm³/mol. The van der Waals surface area contributed by atoms with Crippen molar-refractivity contribution >= 4 is 10.1 Å². The largest absolute Gasteiger partial charge is 0.353 e. The van der Waals surface area contributed by atoms with Crippen molar-refractivity contribution < 1.29 is 41.0 Å². The number of hydrogen-bond donors (Lipinski definition) is 0. The van der Waals surface area contributed by atoms with Crippen LogP contribution >= 0.6 is 0 Å². The highest BCUT2D eigenvalue weighted by Crippen LogP contribution is 2.30. The summed E-state index contributed by atoms with van der Waals surface area (Å²) >= 11 is 0. The molecule has 150 valence electrons. The van der Waals surface area contributed by atoms with E-state index in [0.717, 1.165) is 5.56 Å². The standard InChI is InChI=1S/C17H22O9S/c1-11-2-4-12(5-3-11)27(18,19)26-14-7-21-9-24-16(14)17-15-13(22-10-25-17)6-20-8-23-15/h2-5,13-17H,6-10H2,1H3/t13-,14+,15+,16+,17+/m1/s1. The highest BCUT2D eigenvalue weighted by molar-refractivity contribution is 7.86. The van der Waals surface area contributed by atoms with E-state index < -0.39 is 34.5 Å². The van der Waals surface area contributed by atoms with Crippen LogP contribution in [0.4, 0.5) is 0 Å². The van der Waals surface area contributed by atoms with Gasteiger partial charge in [-0.2, -0.15) is 8.42 Å². The first kappa shape index (κ1) is 19.2. The fourth-order valence-electron chi connectivity index (χ4n) is 3.33. The van der Waals surface area contributed by atoms with Crippen molar-refractivity contribution in [2.24, 2.45) is 0 Å². The van der Waals surface area contributed by atoms with Gasteiger partial charge in [0.2, 0.25) is 0 Å². The molecule has 0 bridgehead atoms. The van der Waals surface area contributed by atoms with E-state index in [2.05, 4.69) is 0 Å². The van der Waals surface area contributed by atoms with Crippen LogP contribution in [-0.2, 0) is 42.7 Å². The minimum absolute atomic E-state index is 0.0176. The second-order valence-corrected chi connectivity index (χ2v) is 8.17. The molecule has 4 rings (SSSR count). The molecule has 10 heteroatoms. The Labute approximate surface area is 157 Å². The molecule has 3 aliphatic rings. The zero-order chi connectivity index (χ0) is 18.9. The van der Waals surface area contributed by atoms with Gasteiger partial charge in [0.1, 0.15) is 50.9 Å². The molecule has 0 N–H and O–H groups in total. The second kappa shape index (κ2) is 8.10. The van der Waals surface area contributed by atoms with Crippen LogP contribution in [0.3, 0.4) is 0 Å². The summed E-state index contributed by atoms with van der Waals surface area (Å²) in [5.74, 6) is 0. The number of benzene rings is 1. The summed E-state index contributed by atoms with van der Waals surface area (Å²) in [7, 11) is -3.99. The van der Waals surface area contributed by atoms with Crippen LogP contribution in [0.15, 0.2) is 29.2 Å². The van der Waals surface area contributed by atoms with Crippen molar-refractivity contribution in [1.29, 1.82) is 0 Å². The highest BCUT2D eigenvalue weighted by Gasteiger charge is 2.48. The first-order valence-corrected chi connectivity index (χ1v) is 10.1. The van der Waals surface area contributed by atoms with Crippen molar-refractivity contribution in [1.82, 2.24) is 0 Å². The molecule has 0 aromatic heterocycles. The molecule has 0 aliphatic carbocycles. The Morgan fingerprint density at radius 2 is 1.52 bits per heavy atom. The molecule has 3 heterocycles. The quantitative estimate of drug-likeness (QED) is 0.669. The monoisotopic (exact) mass is 402 g/mol. The lowest BCUT2D eigenvalue weighted by atomic mass is 9.97. The minimum Gasteiger partial charge on any atom is -0.353 e. The van der Waals surface area contributed by atoms with Gasteiger partial charge in [0.25, 0.3) is 10.1 Å². The predicted octanol–water partition coefficient (Wildman–Crippen LogP) is 0.556. The molecule has 3 aliphatic heterocycles.